The molecule has 0 amide bonds. The van der Waals surface area contributed by atoms with E-state index in [-0.39, 0.29) is 6.04 Å². The minimum absolute atomic E-state index is 0.0202. The molecular weight excluding hydrogens is 284 g/mol. The Morgan fingerprint density at radius 2 is 1.90 bits per heavy atom. The van der Waals surface area contributed by atoms with Crippen LogP contribution in [0.2, 0.25) is 0 Å². The Balaban J connectivity index is 2.19. The summed E-state index contributed by atoms with van der Waals surface area (Å²) in [6.45, 7) is 8.68. The van der Waals surface area contributed by atoms with Crippen molar-refractivity contribution < 1.29 is 8.42 Å². The second-order valence-corrected chi connectivity index (χ2v) is 8.01. The Morgan fingerprint density at radius 1 is 1.24 bits per heavy atom. The normalized spacial score (nSPS) is 17.2. The van der Waals surface area contributed by atoms with Gasteiger partial charge in [-0.2, -0.15) is 0 Å². The zero-order valence-corrected chi connectivity index (χ0v) is 14.1. The quantitative estimate of drug-likeness (QED) is 0.814. The van der Waals surface area contributed by atoms with Gasteiger partial charge in [0.25, 0.3) is 0 Å². The molecule has 0 saturated heterocycles. The van der Waals surface area contributed by atoms with Crippen molar-refractivity contribution in [2.24, 2.45) is 5.92 Å². The minimum atomic E-state index is -3.43. The van der Waals surface area contributed by atoms with Crippen molar-refractivity contribution in [2.45, 2.75) is 64.1 Å². The first-order valence-electron chi connectivity index (χ1n) is 7.65. The molecule has 1 aromatic rings. The second-order valence-electron chi connectivity index (χ2n) is 6.32. The van der Waals surface area contributed by atoms with Crippen molar-refractivity contribution in [3.05, 3.63) is 29.3 Å². The minimum Gasteiger partial charge on any atom is -0.310 e. The fourth-order valence-electron chi connectivity index (χ4n) is 2.46. The van der Waals surface area contributed by atoms with Crippen LogP contribution in [0.1, 0.15) is 44.7 Å². The van der Waals surface area contributed by atoms with Crippen molar-refractivity contribution >= 4 is 10.0 Å². The molecule has 0 aliphatic heterocycles. The van der Waals surface area contributed by atoms with Gasteiger partial charge in [0.1, 0.15) is 0 Å². The van der Waals surface area contributed by atoms with Crippen LogP contribution in [0.3, 0.4) is 0 Å². The Labute approximate surface area is 128 Å². The second kappa shape index (κ2) is 6.46. The number of nitrogens with one attached hydrogen (secondary N) is 2. The van der Waals surface area contributed by atoms with Gasteiger partial charge in [0, 0.05) is 18.6 Å². The molecule has 0 radical (unpaired) electrons. The zero-order chi connectivity index (χ0) is 15.6. The number of sulfonamides is 1. The fraction of sp³-hybridized carbons (Fsp3) is 0.625. The number of benzene rings is 1. The molecule has 1 aliphatic carbocycles. The molecule has 0 heterocycles. The van der Waals surface area contributed by atoms with Crippen LogP contribution in [0, 0.1) is 12.8 Å². The van der Waals surface area contributed by atoms with E-state index in [9.17, 15) is 8.42 Å². The van der Waals surface area contributed by atoms with Crippen molar-refractivity contribution in [1.29, 1.82) is 0 Å². The lowest BCUT2D eigenvalue weighted by Gasteiger charge is -2.17. The van der Waals surface area contributed by atoms with Crippen LogP contribution in [-0.4, -0.2) is 20.5 Å². The molecule has 4 nitrogen and oxygen atoms in total. The van der Waals surface area contributed by atoms with E-state index in [1.807, 2.05) is 26.0 Å². The molecule has 21 heavy (non-hydrogen) atoms. The number of hydrogen-bond acceptors (Lipinski definition) is 3. The molecule has 1 unspecified atom stereocenters. The Morgan fingerprint density at radius 3 is 2.48 bits per heavy atom. The van der Waals surface area contributed by atoms with Crippen LogP contribution < -0.4 is 10.0 Å². The van der Waals surface area contributed by atoms with Gasteiger partial charge in [-0.15, -0.1) is 0 Å². The van der Waals surface area contributed by atoms with Gasteiger partial charge in [-0.05, 0) is 49.8 Å². The largest absolute Gasteiger partial charge is 0.310 e. The summed E-state index contributed by atoms with van der Waals surface area (Å²) in [4.78, 5) is 0.401. The highest BCUT2D eigenvalue weighted by Crippen LogP contribution is 2.33. The molecule has 1 fully saturated rings. The van der Waals surface area contributed by atoms with Crippen LogP contribution >= 0.6 is 0 Å². The highest BCUT2D eigenvalue weighted by atomic mass is 32.2. The lowest BCUT2D eigenvalue weighted by atomic mass is 10.1. The van der Waals surface area contributed by atoms with Crippen LogP contribution in [0.15, 0.2) is 23.1 Å². The molecule has 0 bridgehead atoms. The summed E-state index contributed by atoms with van der Waals surface area (Å²) in [5, 5.41) is 3.34. The van der Waals surface area contributed by atoms with Gasteiger partial charge in [0.05, 0.1) is 4.90 Å². The summed E-state index contributed by atoms with van der Waals surface area (Å²) < 4.78 is 27.9. The van der Waals surface area contributed by atoms with E-state index in [0.717, 1.165) is 24.0 Å². The van der Waals surface area contributed by atoms with Gasteiger partial charge in [0.15, 0.2) is 0 Å². The summed E-state index contributed by atoms with van der Waals surface area (Å²) in [6.07, 6.45) is 2.25. The molecule has 118 valence electrons. The molecule has 0 spiro atoms. The van der Waals surface area contributed by atoms with Crippen LogP contribution in [0.25, 0.3) is 0 Å². The Kier molecular flexibility index (Phi) is 5.07. The maximum atomic E-state index is 12.6. The summed E-state index contributed by atoms with van der Waals surface area (Å²) in [6, 6.07) is 5.88. The molecule has 1 atom stereocenters. The zero-order valence-electron chi connectivity index (χ0n) is 13.3. The molecule has 1 aromatic carbocycles. The van der Waals surface area contributed by atoms with E-state index in [2.05, 4.69) is 23.9 Å². The van der Waals surface area contributed by atoms with Crippen molar-refractivity contribution in [3.8, 4) is 0 Å². The first kappa shape index (κ1) is 16.5. The maximum Gasteiger partial charge on any atom is 0.241 e. The number of rotatable bonds is 7. The van der Waals surface area contributed by atoms with E-state index < -0.39 is 10.0 Å². The molecule has 2 N–H and O–H groups in total. The predicted molar refractivity (Wildman–Crippen MR) is 85.7 cm³/mol. The van der Waals surface area contributed by atoms with E-state index in [0.29, 0.717) is 23.4 Å². The first-order chi connectivity index (χ1) is 9.81. The third kappa shape index (κ3) is 4.28. The molecular formula is C16H26N2O2S. The Bertz CT molecular complexity index is 592. The van der Waals surface area contributed by atoms with Crippen LogP contribution in [-0.2, 0) is 16.6 Å². The third-order valence-corrected chi connectivity index (χ3v) is 5.76. The average Bonchev–Trinajstić information content (AvgIpc) is 3.20. The van der Waals surface area contributed by atoms with Crippen molar-refractivity contribution in [1.82, 2.24) is 10.0 Å². The molecule has 1 saturated carbocycles. The number of hydrogen-bond donors (Lipinski definition) is 2. The summed E-state index contributed by atoms with van der Waals surface area (Å²) in [5.41, 5.74) is 1.87. The van der Waals surface area contributed by atoms with Gasteiger partial charge < -0.3 is 5.32 Å². The first-order valence-corrected chi connectivity index (χ1v) is 9.14. The molecule has 1 aliphatic rings. The summed E-state index contributed by atoms with van der Waals surface area (Å²) in [7, 11) is -3.43. The lowest BCUT2D eigenvalue weighted by Crippen LogP contribution is -2.34. The highest BCUT2D eigenvalue weighted by Gasteiger charge is 2.31. The van der Waals surface area contributed by atoms with Gasteiger partial charge >= 0.3 is 0 Å². The topological polar surface area (TPSA) is 58.2 Å². The van der Waals surface area contributed by atoms with Crippen LogP contribution in [0.4, 0.5) is 0 Å². The lowest BCUT2D eigenvalue weighted by molar-refractivity contribution is 0.537. The molecule has 5 heteroatoms. The van der Waals surface area contributed by atoms with Gasteiger partial charge in [-0.1, -0.05) is 26.0 Å². The van der Waals surface area contributed by atoms with E-state index in [4.69, 9.17) is 0 Å². The van der Waals surface area contributed by atoms with E-state index in [1.54, 1.807) is 6.07 Å². The smallest absolute Gasteiger partial charge is 0.241 e. The Hall–Kier alpha value is -0.910. The van der Waals surface area contributed by atoms with Crippen molar-refractivity contribution in [3.63, 3.8) is 0 Å². The van der Waals surface area contributed by atoms with Crippen LogP contribution in [0.5, 0.6) is 0 Å². The maximum absolute atomic E-state index is 12.6. The standard InChI is InChI=1S/C16H26N2O2S/c1-11(2)17-10-15-6-5-7-16(12(15)3)21(19,20)18-13(4)14-8-9-14/h5-7,11,13-14,17-18H,8-10H2,1-4H3. The van der Waals surface area contributed by atoms with E-state index in [1.165, 1.54) is 0 Å². The van der Waals surface area contributed by atoms with Crippen molar-refractivity contribution in [2.75, 3.05) is 0 Å². The summed E-state index contributed by atoms with van der Waals surface area (Å²) >= 11 is 0. The monoisotopic (exact) mass is 310 g/mol. The van der Waals surface area contributed by atoms with Gasteiger partial charge in [-0.25, -0.2) is 13.1 Å². The molecule has 0 aromatic heterocycles. The SMILES string of the molecule is Cc1c(CNC(C)C)cccc1S(=O)(=O)NC(C)C1CC1. The summed E-state index contributed by atoms with van der Waals surface area (Å²) in [5.74, 6) is 0.505. The molecule has 2 rings (SSSR count). The fourth-order valence-corrected chi connectivity index (χ4v) is 4.06. The van der Waals surface area contributed by atoms with Gasteiger partial charge in [0.2, 0.25) is 10.0 Å². The van der Waals surface area contributed by atoms with E-state index >= 15 is 0 Å². The predicted octanol–water partition coefficient (Wildman–Crippen LogP) is 2.57. The third-order valence-electron chi connectivity index (χ3n) is 4.06. The highest BCUT2D eigenvalue weighted by molar-refractivity contribution is 7.89. The van der Waals surface area contributed by atoms with Gasteiger partial charge in [-0.3, -0.25) is 0 Å². The average molecular weight is 310 g/mol.